The van der Waals surface area contributed by atoms with Crippen LogP contribution >= 0.6 is 0 Å². The zero-order valence-electron chi connectivity index (χ0n) is 26.3. The molecule has 234 valence electrons. The number of hydrogen-bond acceptors (Lipinski definition) is 6. The van der Waals surface area contributed by atoms with Gasteiger partial charge in [-0.15, -0.1) is 0 Å². The topological polar surface area (TPSA) is 97.4 Å². The van der Waals surface area contributed by atoms with E-state index < -0.39 is 12.1 Å². The first-order valence-electron chi connectivity index (χ1n) is 15.6. The van der Waals surface area contributed by atoms with E-state index in [1.807, 2.05) is 36.4 Å². The molecule has 1 saturated carbocycles. The lowest BCUT2D eigenvalue weighted by atomic mass is 9.89. The second-order valence-corrected chi connectivity index (χ2v) is 11.7. The van der Waals surface area contributed by atoms with Crippen molar-refractivity contribution in [3.8, 4) is 28.4 Å². The number of unbranched alkanes of at least 4 members (excludes halogenated alkanes) is 1. The lowest BCUT2D eigenvalue weighted by molar-refractivity contribution is -0.162. The monoisotopic (exact) mass is 593 g/mol. The molecule has 1 heterocycles. The molecule has 9 nitrogen and oxygen atoms in total. The Hall–Kier alpha value is -3.75. The molecule has 2 aromatic rings. The summed E-state index contributed by atoms with van der Waals surface area (Å²) in [5, 5.41) is 3.03. The third-order valence-electron chi connectivity index (χ3n) is 8.81. The summed E-state index contributed by atoms with van der Waals surface area (Å²) < 4.78 is 16.5. The maximum Gasteiger partial charge on any atom is 0.246 e. The highest BCUT2D eigenvalue weighted by Crippen LogP contribution is 2.41. The largest absolute Gasteiger partial charge is 0.493 e. The van der Waals surface area contributed by atoms with Gasteiger partial charge in [-0.1, -0.05) is 56.9 Å². The van der Waals surface area contributed by atoms with Crippen molar-refractivity contribution in [3.05, 3.63) is 42.0 Å². The number of methoxy groups -OCH3 is 3. The summed E-state index contributed by atoms with van der Waals surface area (Å²) in [6, 6.07) is 10.4. The second-order valence-electron chi connectivity index (χ2n) is 11.7. The first-order chi connectivity index (χ1) is 20.8. The molecule has 0 aromatic heterocycles. The van der Waals surface area contributed by atoms with E-state index in [1.165, 1.54) is 24.2 Å². The highest BCUT2D eigenvalue weighted by molar-refractivity contribution is 5.99. The summed E-state index contributed by atoms with van der Waals surface area (Å²) in [4.78, 5) is 43.6. The van der Waals surface area contributed by atoms with Gasteiger partial charge in [-0.2, -0.15) is 0 Å². The van der Waals surface area contributed by atoms with Gasteiger partial charge < -0.3 is 29.3 Å². The molecule has 2 atom stereocenters. The van der Waals surface area contributed by atoms with Crippen molar-refractivity contribution < 1.29 is 28.6 Å². The maximum atomic E-state index is 13.9. The van der Waals surface area contributed by atoms with Crippen LogP contribution in [0.15, 0.2) is 36.4 Å². The maximum absolute atomic E-state index is 13.9. The van der Waals surface area contributed by atoms with Crippen LogP contribution < -0.4 is 19.5 Å². The molecule has 1 saturated heterocycles. The Morgan fingerprint density at radius 3 is 2.12 bits per heavy atom. The summed E-state index contributed by atoms with van der Waals surface area (Å²) in [5.74, 6) is 1.67. The molecule has 1 aliphatic heterocycles. The van der Waals surface area contributed by atoms with Crippen LogP contribution in [0, 0.1) is 5.92 Å². The number of amides is 3. The minimum Gasteiger partial charge on any atom is -0.493 e. The second kappa shape index (κ2) is 15.1. The molecule has 2 aromatic carbocycles. The Balaban J connectivity index is 1.51. The number of nitrogens with zero attached hydrogens (tertiary/aromatic N) is 2. The fraction of sp³-hybridized carbons (Fsp3) is 0.559. The van der Waals surface area contributed by atoms with Gasteiger partial charge in [0.05, 0.1) is 21.3 Å². The lowest BCUT2D eigenvalue weighted by Crippen LogP contribution is -2.65. The van der Waals surface area contributed by atoms with Crippen molar-refractivity contribution in [2.24, 2.45) is 5.92 Å². The van der Waals surface area contributed by atoms with Gasteiger partial charge in [0.2, 0.25) is 23.5 Å². The van der Waals surface area contributed by atoms with Crippen LogP contribution in [0.2, 0.25) is 0 Å². The molecule has 2 aliphatic rings. The van der Waals surface area contributed by atoms with Gasteiger partial charge in [0.1, 0.15) is 18.6 Å². The average Bonchev–Trinajstić information content (AvgIpc) is 3.04. The summed E-state index contributed by atoms with van der Waals surface area (Å²) in [5.41, 5.74) is 2.77. The van der Waals surface area contributed by atoms with Crippen molar-refractivity contribution in [1.29, 1.82) is 0 Å². The van der Waals surface area contributed by atoms with Gasteiger partial charge in [0, 0.05) is 19.5 Å². The predicted molar refractivity (Wildman–Crippen MR) is 166 cm³/mol. The molecule has 0 bridgehead atoms. The number of carbonyl (C=O) groups excluding carboxylic acids is 3. The van der Waals surface area contributed by atoms with Gasteiger partial charge in [-0.05, 0) is 60.9 Å². The SMILES string of the molecule is CCCCN1C(=O)[C@@H](C)N(CC(=O)NCC2CCCCC2)C(=O)C1Cc1ccc(-c2cc(OC)c(OC)c(OC)c2)cc1. The van der Waals surface area contributed by atoms with Crippen molar-refractivity contribution in [2.75, 3.05) is 41.0 Å². The van der Waals surface area contributed by atoms with E-state index in [2.05, 4.69) is 12.2 Å². The Kier molecular flexibility index (Phi) is 11.3. The molecular formula is C34H47N3O6. The molecule has 1 N–H and O–H groups in total. The van der Waals surface area contributed by atoms with E-state index in [0.29, 0.717) is 42.7 Å². The highest BCUT2D eigenvalue weighted by atomic mass is 16.5. The van der Waals surface area contributed by atoms with Crippen LogP contribution in [-0.4, -0.2) is 80.6 Å². The van der Waals surface area contributed by atoms with Gasteiger partial charge in [0.25, 0.3) is 0 Å². The highest BCUT2D eigenvalue weighted by Gasteiger charge is 2.44. The lowest BCUT2D eigenvalue weighted by Gasteiger charge is -2.44. The standard InChI is InChI=1S/C34H47N3O6/c1-6-7-17-36-28(34(40)37(23(2)33(36)39)22-31(38)35-21-25-11-9-8-10-12-25)18-24-13-15-26(16-14-24)27-19-29(41-3)32(43-5)30(20-27)42-4/h13-16,19-20,23,25,28H,6-12,17-18,21-22H2,1-5H3,(H,35,38)/t23-,28?/m1/s1. The smallest absolute Gasteiger partial charge is 0.246 e. The van der Waals surface area contributed by atoms with Crippen LogP contribution in [0.5, 0.6) is 17.2 Å². The fourth-order valence-corrected chi connectivity index (χ4v) is 6.21. The van der Waals surface area contributed by atoms with E-state index in [1.54, 1.807) is 33.2 Å². The molecule has 1 unspecified atom stereocenters. The van der Waals surface area contributed by atoms with Crippen LogP contribution in [0.1, 0.15) is 64.4 Å². The first-order valence-corrected chi connectivity index (χ1v) is 15.6. The van der Waals surface area contributed by atoms with Crippen LogP contribution in [-0.2, 0) is 20.8 Å². The summed E-state index contributed by atoms with van der Waals surface area (Å²) in [7, 11) is 4.74. The number of benzene rings is 2. The molecule has 9 heteroatoms. The molecule has 0 radical (unpaired) electrons. The summed E-state index contributed by atoms with van der Waals surface area (Å²) in [6.07, 6.45) is 8.02. The first kappa shape index (κ1) is 32.2. The predicted octanol–water partition coefficient (Wildman–Crippen LogP) is 4.85. The number of rotatable bonds is 13. The Morgan fingerprint density at radius 1 is 0.884 bits per heavy atom. The molecule has 4 rings (SSSR count). The Morgan fingerprint density at radius 2 is 1.53 bits per heavy atom. The van der Waals surface area contributed by atoms with Gasteiger partial charge in [0.15, 0.2) is 11.5 Å². The molecule has 2 fully saturated rings. The molecule has 3 amide bonds. The van der Waals surface area contributed by atoms with E-state index in [-0.39, 0.29) is 24.3 Å². The third-order valence-corrected chi connectivity index (χ3v) is 8.81. The van der Waals surface area contributed by atoms with Crippen LogP contribution in [0.25, 0.3) is 11.1 Å². The summed E-state index contributed by atoms with van der Waals surface area (Å²) in [6.45, 7) is 4.85. The van der Waals surface area contributed by atoms with E-state index in [4.69, 9.17) is 14.2 Å². The zero-order chi connectivity index (χ0) is 30.9. The minimum atomic E-state index is -0.677. The number of hydrogen-bond donors (Lipinski definition) is 1. The van der Waals surface area contributed by atoms with Crippen molar-refractivity contribution >= 4 is 17.7 Å². The number of piperazine rings is 1. The number of carbonyl (C=O) groups is 3. The molecule has 1 aliphatic carbocycles. The van der Waals surface area contributed by atoms with Crippen molar-refractivity contribution in [1.82, 2.24) is 15.1 Å². The van der Waals surface area contributed by atoms with Gasteiger partial charge in [-0.25, -0.2) is 0 Å². The number of ether oxygens (including phenoxy) is 3. The Labute approximate surface area is 255 Å². The summed E-state index contributed by atoms with van der Waals surface area (Å²) >= 11 is 0. The molecule has 43 heavy (non-hydrogen) atoms. The molecule has 0 spiro atoms. The van der Waals surface area contributed by atoms with Gasteiger partial charge >= 0.3 is 0 Å². The van der Waals surface area contributed by atoms with Gasteiger partial charge in [-0.3, -0.25) is 14.4 Å². The third kappa shape index (κ3) is 7.61. The Bertz CT molecular complexity index is 1230. The van der Waals surface area contributed by atoms with E-state index in [9.17, 15) is 14.4 Å². The minimum absolute atomic E-state index is 0.101. The zero-order valence-corrected chi connectivity index (χ0v) is 26.3. The van der Waals surface area contributed by atoms with Crippen molar-refractivity contribution in [3.63, 3.8) is 0 Å². The van der Waals surface area contributed by atoms with E-state index in [0.717, 1.165) is 42.4 Å². The van der Waals surface area contributed by atoms with Crippen LogP contribution in [0.3, 0.4) is 0 Å². The van der Waals surface area contributed by atoms with Crippen LogP contribution in [0.4, 0.5) is 0 Å². The van der Waals surface area contributed by atoms with E-state index >= 15 is 0 Å². The number of nitrogens with one attached hydrogen (secondary N) is 1. The molecular weight excluding hydrogens is 546 g/mol. The van der Waals surface area contributed by atoms with Crippen molar-refractivity contribution in [2.45, 2.75) is 77.3 Å². The normalized spacial score (nSPS) is 19.4. The average molecular weight is 594 g/mol. The fourth-order valence-electron chi connectivity index (χ4n) is 6.21. The quantitative estimate of drug-likeness (QED) is 0.357.